The van der Waals surface area contributed by atoms with Crippen LogP contribution in [0.2, 0.25) is 0 Å². The maximum atomic E-state index is 10.1. The molecule has 1 saturated heterocycles. The third-order valence-corrected chi connectivity index (χ3v) is 3.82. The maximum absolute atomic E-state index is 10.1. The van der Waals surface area contributed by atoms with Gasteiger partial charge in [-0.1, -0.05) is 18.6 Å². The average molecular weight is 263 g/mol. The van der Waals surface area contributed by atoms with Crippen LogP contribution in [0.25, 0.3) is 0 Å². The molecule has 3 nitrogen and oxygen atoms in total. The summed E-state index contributed by atoms with van der Waals surface area (Å²) >= 11 is 0. The molecule has 1 aliphatic heterocycles. The number of rotatable bonds is 5. The molecule has 3 heteroatoms. The van der Waals surface area contributed by atoms with Crippen molar-refractivity contribution in [2.75, 3.05) is 19.7 Å². The van der Waals surface area contributed by atoms with Crippen LogP contribution in [0.5, 0.6) is 5.75 Å². The number of benzene rings is 1. The van der Waals surface area contributed by atoms with Crippen LogP contribution in [0, 0.1) is 6.92 Å². The number of aliphatic hydroxyl groups is 1. The Morgan fingerprint density at radius 2 is 2.26 bits per heavy atom. The second-order valence-corrected chi connectivity index (χ2v) is 5.62. The van der Waals surface area contributed by atoms with Crippen LogP contribution < -0.4 is 4.74 Å². The third kappa shape index (κ3) is 4.51. The van der Waals surface area contributed by atoms with Gasteiger partial charge in [-0.05, 0) is 50.9 Å². The predicted molar refractivity (Wildman–Crippen MR) is 77.6 cm³/mol. The smallest absolute Gasteiger partial charge is 0.119 e. The molecule has 1 aromatic carbocycles. The Labute approximate surface area is 116 Å². The van der Waals surface area contributed by atoms with Gasteiger partial charge in [-0.2, -0.15) is 0 Å². The molecule has 1 heterocycles. The molecule has 2 atom stereocenters. The largest absolute Gasteiger partial charge is 0.491 e. The predicted octanol–water partition coefficient (Wildman–Crippen LogP) is 2.61. The number of aryl methyl sites for hydroxylation is 1. The molecule has 0 aliphatic carbocycles. The zero-order valence-electron chi connectivity index (χ0n) is 12.0. The van der Waals surface area contributed by atoms with Crippen LogP contribution in [0.4, 0.5) is 0 Å². The molecule has 106 valence electrons. The summed E-state index contributed by atoms with van der Waals surface area (Å²) < 4.78 is 5.65. The molecule has 0 spiro atoms. The fourth-order valence-electron chi connectivity index (χ4n) is 2.65. The second kappa shape index (κ2) is 6.92. The van der Waals surface area contributed by atoms with Gasteiger partial charge in [0.25, 0.3) is 0 Å². The van der Waals surface area contributed by atoms with Crippen molar-refractivity contribution in [1.29, 1.82) is 0 Å². The first kappa shape index (κ1) is 14.4. The van der Waals surface area contributed by atoms with E-state index in [-0.39, 0.29) is 0 Å². The van der Waals surface area contributed by atoms with E-state index in [9.17, 15) is 5.11 Å². The SMILES string of the molecule is Cc1cccc(OC[C@@H](O)CN2CCCC[C@H]2C)c1. The van der Waals surface area contributed by atoms with E-state index in [0.29, 0.717) is 19.2 Å². The number of hydrogen-bond donors (Lipinski definition) is 1. The van der Waals surface area contributed by atoms with Crippen LogP contribution in [0.15, 0.2) is 24.3 Å². The first-order valence-electron chi connectivity index (χ1n) is 7.27. The van der Waals surface area contributed by atoms with Crippen molar-refractivity contribution in [2.24, 2.45) is 0 Å². The highest BCUT2D eigenvalue weighted by atomic mass is 16.5. The minimum absolute atomic E-state index is 0.368. The highest BCUT2D eigenvalue weighted by Gasteiger charge is 2.20. The van der Waals surface area contributed by atoms with Crippen molar-refractivity contribution in [3.05, 3.63) is 29.8 Å². The first-order chi connectivity index (χ1) is 9.15. The topological polar surface area (TPSA) is 32.7 Å². The fourth-order valence-corrected chi connectivity index (χ4v) is 2.65. The van der Waals surface area contributed by atoms with Gasteiger partial charge in [0.15, 0.2) is 0 Å². The van der Waals surface area contributed by atoms with Crippen molar-refractivity contribution in [2.45, 2.75) is 45.3 Å². The summed E-state index contributed by atoms with van der Waals surface area (Å²) in [7, 11) is 0. The van der Waals surface area contributed by atoms with Crippen molar-refractivity contribution in [3.63, 3.8) is 0 Å². The molecule has 19 heavy (non-hydrogen) atoms. The van der Waals surface area contributed by atoms with Crippen molar-refractivity contribution in [3.8, 4) is 5.75 Å². The Hall–Kier alpha value is -1.06. The molecule has 1 aliphatic rings. The van der Waals surface area contributed by atoms with Gasteiger partial charge >= 0.3 is 0 Å². The lowest BCUT2D eigenvalue weighted by atomic mass is 10.0. The Morgan fingerprint density at radius 1 is 1.42 bits per heavy atom. The Morgan fingerprint density at radius 3 is 3.00 bits per heavy atom. The number of aliphatic hydroxyl groups excluding tert-OH is 1. The molecule has 0 saturated carbocycles. The minimum atomic E-state index is -0.416. The lowest BCUT2D eigenvalue weighted by Crippen LogP contribution is -2.43. The van der Waals surface area contributed by atoms with Crippen molar-refractivity contribution >= 4 is 0 Å². The zero-order valence-corrected chi connectivity index (χ0v) is 12.0. The number of hydrogen-bond acceptors (Lipinski definition) is 3. The summed E-state index contributed by atoms with van der Waals surface area (Å²) in [5.74, 6) is 0.839. The second-order valence-electron chi connectivity index (χ2n) is 5.62. The van der Waals surface area contributed by atoms with Crippen LogP contribution in [-0.4, -0.2) is 41.8 Å². The number of ether oxygens (including phenoxy) is 1. The van der Waals surface area contributed by atoms with E-state index < -0.39 is 6.10 Å². The maximum Gasteiger partial charge on any atom is 0.119 e. The van der Waals surface area contributed by atoms with Crippen molar-refractivity contribution < 1.29 is 9.84 Å². The molecule has 1 fully saturated rings. The average Bonchev–Trinajstić information content (AvgIpc) is 2.39. The number of nitrogens with zero attached hydrogens (tertiary/aromatic N) is 1. The highest BCUT2D eigenvalue weighted by molar-refractivity contribution is 5.27. The molecule has 0 radical (unpaired) electrons. The number of β-amino-alcohol motifs (C(OH)–C–C–N with tert-alkyl or cyclic N) is 1. The molecule has 2 rings (SSSR count). The van der Waals surface area contributed by atoms with Crippen LogP contribution in [0.1, 0.15) is 31.7 Å². The summed E-state index contributed by atoms with van der Waals surface area (Å²) in [5.41, 5.74) is 1.18. The Balaban J connectivity index is 1.76. The van der Waals surface area contributed by atoms with Gasteiger partial charge in [0, 0.05) is 12.6 Å². The summed E-state index contributed by atoms with van der Waals surface area (Å²) in [6.07, 6.45) is 3.38. The summed E-state index contributed by atoms with van der Waals surface area (Å²) in [4.78, 5) is 2.37. The van der Waals surface area contributed by atoms with Crippen LogP contribution in [0.3, 0.4) is 0 Å². The normalized spacial score (nSPS) is 22.2. The number of piperidine rings is 1. The van der Waals surface area contributed by atoms with Gasteiger partial charge in [0.05, 0.1) is 0 Å². The zero-order chi connectivity index (χ0) is 13.7. The summed E-state index contributed by atoms with van der Waals surface area (Å²) in [6.45, 7) is 6.47. The van der Waals surface area contributed by atoms with Gasteiger partial charge in [0.1, 0.15) is 18.5 Å². The Bertz CT molecular complexity index is 394. The van der Waals surface area contributed by atoms with E-state index >= 15 is 0 Å². The highest BCUT2D eigenvalue weighted by Crippen LogP contribution is 2.17. The molecule has 1 aromatic rings. The van der Waals surface area contributed by atoms with Gasteiger partial charge in [-0.15, -0.1) is 0 Å². The van der Waals surface area contributed by atoms with E-state index in [0.717, 1.165) is 12.3 Å². The van der Waals surface area contributed by atoms with E-state index in [4.69, 9.17) is 4.74 Å². The molecule has 1 N–H and O–H groups in total. The summed E-state index contributed by atoms with van der Waals surface area (Å²) in [6, 6.07) is 8.53. The molecular formula is C16H25NO2. The van der Waals surface area contributed by atoms with Gasteiger partial charge < -0.3 is 9.84 Å². The molecular weight excluding hydrogens is 238 g/mol. The minimum Gasteiger partial charge on any atom is -0.491 e. The molecule has 0 bridgehead atoms. The number of likely N-dealkylation sites (tertiary alicyclic amines) is 1. The van der Waals surface area contributed by atoms with E-state index in [1.54, 1.807) is 0 Å². The monoisotopic (exact) mass is 263 g/mol. The quantitative estimate of drug-likeness (QED) is 0.886. The lowest BCUT2D eigenvalue weighted by Gasteiger charge is -2.34. The molecule has 0 aromatic heterocycles. The third-order valence-electron chi connectivity index (χ3n) is 3.82. The van der Waals surface area contributed by atoms with Gasteiger partial charge in [-0.3, -0.25) is 4.90 Å². The van der Waals surface area contributed by atoms with Gasteiger partial charge in [-0.25, -0.2) is 0 Å². The summed E-state index contributed by atoms with van der Waals surface area (Å²) in [5, 5.41) is 10.1. The van der Waals surface area contributed by atoms with E-state index in [1.165, 1.54) is 24.8 Å². The molecule has 0 unspecified atom stereocenters. The van der Waals surface area contributed by atoms with Crippen LogP contribution >= 0.6 is 0 Å². The fraction of sp³-hybridized carbons (Fsp3) is 0.625. The lowest BCUT2D eigenvalue weighted by molar-refractivity contribution is 0.0438. The standard InChI is InChI=1S/C16H25NO2/c1-13-6-5-8-16(10-13)19-12-15(18)11-17-9-4-3-7-14(17)2/h5-6,8,10,14-15,18H,3-4,7,9,11-12H2,1-2H3/t14-,15+/m1/s1. The first-order valence-corrected chi connectivity index (χ1v) is 7.27. The van der Waals surface area contributed by atoms with Crippen LogP contribution in [-0.2, 0) is 0 Å². The molecule has 0 amide bonds. The Kier molecular flexibility index (Phi) is 5.23. The van der Waals surface area contributed by atoms with E-state index in [1.807, 2.05) is 31.2 Å². The van der Waals surface area contributed by atoms with E-state index in [2.05, 4.69) is 11.8 Å². The van der Waals surface area contributed by atoms with Crippen molar-refractivity contribution in [1.82, 2.24) is 4.90 Å². The van der Waals surface area contributed by atoms with Gasteiger partial charge in [0.2, 0.25) is 0 Å².